The SMILES string of the molecule is Nc1ccccc1N(CCO)C(=O)c1ccccc1Cl. The fourth-order valence-corrected chi connectivity index (χ4v) is 2.16. The molecule has 0 unspecified atom stereocenters. The van der Waals surface area contributed by atoms with E-state index in [0.29, 0.717) is 22.0 Å². The van der Waals surface area contributed by atoms with E-state index in [1.165, 1.54) is 4.90 Å². The van der Waals surface area contributed by atoms with Crippen molar-refractivity contribution in [3.05, 3.63) is 59.1 Å². The maximum atomic E-state index is 12.6. The Morgan fingerprint density at radius 1 is 1.15 bits per heavy atom. The van der Waals surface area contributed by atoms with Crippen LogP contribution in [0, 0.1) is 0 Å². The minimum Gasteiger partial charge on any atom is -0.397 e. The van der Waals surface area contributed by atoms with E-state index in [-0.39, 0.29) is 19.1 Å². The number of nitrogens with two attached hydrogens (primary N) is 1. The number of nitrogens with zero attached hydrogens (tertiary/aromatic N) is 1. The molecule has 5 heteroatoms. The second kappa shape index (κ2) is 6.41. The third-order valence-corrected chi connectivity index (χ3v) is 3.23. The van der Waals surface area contributed by atoms with Gasteiger partial charge in [-0.1, -0.05) is 35.9 Å². The van der Waals surface area contributed by atoms with Gasteiger partial charge in [-0.25, -0.2) is 0 Å². The van der Waals surface area contributed by atoms with Crippen molar-refractivity contribution in [3.8, 4) is 0 Å². The van der Waals surface area contributed by atoms with Crippen molar-refractivity contribution >= 4 is 28.9 Å². The Bertz CT molecular complexity index is 616. The van der Waals surface area contributed by atoms with Crippen molar-refractivity contribution in [3.63, 3.8) is 0 Å². The molecule has 0 aromatic heterocycles. The zero-order valence-corrected chi connectivity index (χ0v) is 11.5. The molecule has 0 saturated carbocycles. The lowest BCUT2D eigenvalue weighted by Gasteiger charge is -2.23. The van der Waals surface area contributed by atoms with Gasteiger partial charge in [0, 0.05) is 6.54 Å². The van der Waals surface area contributed by atoms with Crippen molar-refractivity contribution in [2.75, 3.05) is 23.8 Å². The van der Waals surface area contributed by atoms with Crippen LogP contribution in [-0.2, 0) is 0 Å². The molecule has 0 aliphatic carbocycles. The molecule has 0 spiro atoms. The average molecular weight is 291 g/mol. The molecule has 0 heterocycles. The highest BCUT2D eigenvalue weighted by Gasteiger charge is 2.20. The Morgan fingerprint density at radius 2 is 1.80 bits per heavy atom. The second-order valence-corrected chi connectivity index (χ2v) is 4.63. The maximum Gasteiger partial charge on any atom is 0.259 e. The van der Waals surface area contributed by atoms with Crippen LogP contribution >= 0.6 is 11.6 Å². The first-order valence-corrected chi connectivity index (χ1v) is 6.54. The van der Waals surface area contributed by atoms with Crippen LogP contribution in [0.1, 0.15) is 10.4 Å². The van der Waals surface area contributed by atoms with Gasteiger partial charge in [-0.3, -0.25) is 4.79 Å². The van der Waals surface area contributed by atoms with Crippen LogP contribution in [0.3, 0.4) is 0 Å². The molecule has 0 bridgehead atoms. The monoisotopic (exact) mass is 290 g/mol. The average Bonchev–Trinajstić information content (AvgIpc) is 2.46. The number of benzene rings is 2. The topological polar surface area (TPSA) is 66.6 Å². The van der Waals surface area contributed by atoms with Gasteiger partial charge in [0.25, 0.3) is 5.91 Å². The molecule has 0 saturated heterocycles. The number of hydrogen-bond donors (Lipinski definition) is 2. The highest BCUT2D eigenvalue weighted by atomic mass is 35.5. The van der Waals surface area contributed by atoms with E-state index in [1.54, 1.807) is 48.5 Å². The number of carbonyl (C=O) groups excluding carboxylic acids is 1. The van der Waals surface area contributed by atoms with E-state index in [4.69, 9.17) is 17.3 Å². The number of aliphatic hydroxyl groups excluding tert-OH is 1. The van der Waals surface area contributed by atoms with E-state index in [0.717, 1.165) is 0 Å². The maximum absolute atomic E-state index is 12.6. The summed E-state index contributed by atoms with van der Waals surface area (Å²) in [7, 11) is 0. The Kier molecular flexibility index (Phi) is 4.61. The van der Waals surface area contributed by atoms with Crippen molar-refractivity contribution < 1.29 is 9.90 Å². The lowest BCUT2D eigenvalue weighted by molar-refractivity contribution is 0.0981. The number of carbonyl (C=O) groups is 1. The molecule has 0 aliphatic rings. The third-order valence-electron chi connectivity index (χ3n) is 2.90. The van der Waals surface area contributed by atoms with Gasteiger partial charge in [0.05, 0.1) is 28.6 Å². The molecular formula is C15H15ClN2O2. The van der Waals surface area contributed by atoms with Gasteiger partial charge in [0.15, 0.2) is 0 Å². The van der Waals surface area contributed by atoms with Gasteiger partial charge < -0.3 is 15.7 Å². The smallest absolute Gasteiger partial charge is 0.259 e. The summed E-state index contributed by atoms with van der Waals surface area (Å²) in [6.07, 6.45) is 0. The minimum atomic E-state index is -0.289. The molecule has 1 amide bonds. The number of para-hydroxylation sites is 2. The Hall–Kier alpha value is -2.04. The van der Waals surface area contributed by atoms with Crippen molar-refractivity contribution in [2.45, 2.75) is 0 Å². The van der Waals surface area contributed by atoms with Crippen molar-refractivity contribution in [1.29, 1.82) is 0 Å². The van der Waals surface area contributed by atoms with Crippen LogP contribution in [-0.4, -0.2) is 24.2 Å². The molecule has 3 N–H and O–H groups in total. The zero-order valence-electron chi connectivity index (χ0n) is 10.8. The first kappa shape index (κ1) is 14.4. The Balaban J connectivity index is 2.42. The van der Waals surface area contributed by atoms with Gasteiger partial charge in [-0.15, -0.1) is 0 Å². The number of rotatable bonds is 4. The summed E-state index contributed by atoms with van der Waals surface area (Å²) in [4.78, 5) is 14.0. The van der Waals surface area contributed by atoms with E-state index in [9.17, 15) is 9.90 Å². The molecule has 0 atom stereocenters. The lowest BCUT2D eigenvalue weighted by Crippen LogP contribution is -2.34. The molecule has 104 valence electrons. The van der Waals surface area contributed by atoms with Gasteiger partial charge in [0.1, 0.15) is 0 Å². The molecule has 0 fully saturated rings. The van der Waals surface area contributed by atoms with Crippen molar-refractivity contribution in [1.82, 2.24) is 0 Å². The highest BCUT2D eigenvalue weighted by Crippen LogP contribution is 2.26. The normalized spacial score (nSPS) is 10.3. The minimum absolute atomic E-state index is 0.151. The van der Waals surface area contributed by atoms with Crippen molar-refractivity contribution in [2.24, 2.45) is 0 Å². The molecule has 2 aromatic rings. The number of nitrogen functional groups attached to an aromatic ring is 1. The van der Waals surface area contributed by atoms with Crippen LogP contribution < -0.4 is 10.6 Å². The van der Waals surface area contributed by atoms with Gasteiger partial charge in [-0.05, 0) is 24.3 Å². The first-order chi connectivity index (χ1) is 9.65. The van der Waals surface area contributed by atoms with Crippen LogP contribution in [0.25, 0.3) is 0 Å². The molecular weight excluding hydrogens is 276 g/mol. The number of amides is 1. The Morgan fingerprint density at radius 3 is 2.45 bits per heavy atom. The summed E-state index contributed by atoms with van der Waals surface area (Å²) in [6.45, 7) is -0.0111. The van der Waals surface area contributed by atoms with Crippen LogP contribution in [0.4, 0.5) is 11.4 Å². The fraction of sp³-hybridized carbons (Fsp3) is 0.133. The highest BCUT2D eigenvalue weighted by molar-refractivity contribution is 6.34. The summed E-state index contributed by atoms with van der Waals surface area (Å²) in [5.74, 6) is -0.289. The summed E-state index contributed by atoms with van der Waals surface area (Å²) >= 11 is 6.05. The first-order valence-electron chi connectivity index (χ1n) is 6.17. The van der Waals surface area contributed by atoms with E-state index >= 15 is 0 Å². The predicted molar refractivity (Wildman–Crippen MR) is 81.1 cm³/mol. The van der Waals surface area contributed by atoms with Crippen LogP contribution in [0.15, 0.2) is 48.5 Å². The Labute approximate surface area is 122 Å². The van der Waals surface area contributed by atoms with Gasteiger partial charge in [-0.2, -0.15) is 0 Å². The van der Waals surface area contributed by atoms with E-state index in [1.807, 2.05) is 0 Å². The zero-order chi connectivity index (χ0) is 14.5. The van der Waals surface area contributed by atoms with E-state index in [2.05, 4.69) is 0 Å². The second-order valence-electron chi connectivity index (χ2n) is 4.22. The standard InChI is InChI=1S/C15H15ClN2O2/c16-12-6-2-1-5-11(12)15(20)18(9-10-19)14-8-4-3-7-13(14)17/h1-8,19H,9-10,17H2. The number of anilines is 2. The quantitative estimate of drug-likeness (QED) is 0.851. The number of hydrogen-bond acceptors (Lipinski definition) is 3. The third kappa shape index (κ3) is 2.92. The predicted octanol–water partition coefficient (Wildman–Crippen LogP) is 2.56. The molecule has 2 rings (SSSR count). The summed E-state index contributed by atoms with van der Waals surface area (Å²) < 4.78 is 0. The number of aliphatic hydroxyl groups is 1. The lowest BCUT2D eigenvalue weighted by atomic mass is 10.1. The fourth-order valence-electron chi connectivity index (χ4n) is 1.94. The summed E-state index contributed by atoms with van der Waals surface area (Å²) in [5.41, 5.74) is 7.31. The molecule has 0 radical (unpaired) electrons. The van der Waals surface area contributed by atoms with Gasteiger partial charge in [0.2, 0.25) is 0 Å². The number of halogens is 1. The molecule has 0 aliphatic heterocycles. The van der Waals surface area contributed by atoms with Crippen LogP contribution in [0.2, 0.25) is 5.02 Å². The van der Waals surface area contributed by atoms with Gasteiger partial charge >= 0.3 is 0 Å². The molecule has 4 nitrogen and oxygen atoms in total. The molecule has 20 heavy (non-hydrogen) atoms. The summed E-state index contributed by atoms with van der Waals surface area (Å²) in [6, 6.07) is 13.8. The van der Waals surface area contributed by atoms with Crippen LogP contribution in [0.5, 0.6) is 0 Å². The summed E-state index contributed by atoms with van der Waals surface area (Å²) in [5, 5.41) is 9.56. The molecule has 2 aromatic carbocycles. The largest absolute Gasteiger partial charge is 0.397 e. The van der Waals surface area contributed by atoms with E-state index < -0.39 is 0 Å².